The second-order valence-electron chi connectivity index (χ2n) is 6.97. The average molecular weight is 363 g/mol. The van der Waals surface area contributed by atoms with E-state index in [1.807, 2.05) is 0 Å². The maximum absolute atomic E-state index is 9.51. The van der Waals surface area contributed by atoms with Crippen LogP contribution in [-0.2, 0) is 19.6 Å². The third kappa shape index (κ3) is 4.31. The van der Waals surface area contributed by atoms with Gasteiger partial charge in [-0.2, -0.15) is 16.4 Å². The van der Waals surface area contributed by atoms with E-state index >= 15 is 0 Å². The monoisotopic (exact) mass is 362 g/mol. The maximum Gasteiger partial charge on any atom is 0.0641 e. The number of aliphatic hydroxyl groups excluding tert-OH is 1. The quantitative estimate of drug-likeness (QED) is 0.822. The summed E-state index contributed by atoms with van der Waals surface area (Å²) < 4.78 is 2.10. The minimum Gasteiger partial charge on any atom is -0.396 e. The zero-order chi connectivity index (χ0) is 17.8. The Balaban J connectivity index is 1.66. The van der Waals surface area contributed by atoms with Gasteiger partial charge in [0.1, 0.15) is 0 Å². The van der Waals surface area contributed by atoms with Crippen molar-refractivity contribution in [2.75, 3.05) is 26.2 Å². The third-order valence-electron chi connectivity index (χ3n) is 5.33. The highest BCUT2D eigenvalue weighted by Gasteiger charge is 2.27. The van der Waals surface area contributed by atoms with Gasteiger partial charge in [0, 0.05) is 63.2 Å². The van der Waals surface area contributed by atoms with Gasteiger partial charge in [0.2, 0.25) is 0 Å². The number of nitrogens with zero attached hydrogens (tertiary/aromatic N) is 4. The molecular weight excluding hydrogens is 332 g/mol. The number of thiophene rings is 1. The number of piperazine rings is 1. The summed E-state index contributed by atoms with van der Waals surface area (Å²) in [5.74, 6) is 0. The molecule has 138 valence electrons. The molecule has 0 unspecified atom stereocenters. The summed E-state index contributed by atoms with van der Waals surface area (Å²) in [6.45, 7) is 12.7. The Labute approximate surface area is 154 Å². The van der Waals surface area contributed by atoms with Crippen LogP contribution in [0.3, 0.4) is 0 Å². The molecule has 1 aliphatic rings. The van der Waals surface area contributed by atoms with E-state index in [0.29, 0.717) is 6.04 Å². The summed E-state index contributed by atoms with van der Waals surface area (Å²) in [5, 5.41) is 18.5. The number of aliphatic hydroxyl groups is 1. The summed E-state index contributed by atoms with van der Waals surface area (Å²) in [7, 11) is 0. The maximum atomic E-state index is 9.51. The van der Waals surface area contributed by atoms with E-state index in [2.05, 4.69) is 57.2 Å². The second-order valence-corrected chi connectivity index (χ2v) is 7.75. The van der Waals surface area contributed by atoms with E-state index in [1.165, 1.54) is 16.8 Å². The lowest BCUT2D eigenvalue weighted by Crippen LogP contribution is -2.52. The number of aromatic nitrogens is 2. The molecule has 0 aliphatic carbocycles. The Morgan fingerprint density at radius 1 is 1.28 bits per heavy atom. The van der Waals surface area contributed by atoms with Gasteiger partial charge in [-0.25, -0.2) is 0 Å². The SMILES string of the molecule is CCn1nc(C)c(CN2CCN(Cc3ccsc3)[C@@H](CCO)C2)c1C. The molecule has 0 bridgehead atoms. The van der Waals surface area contributed by atoms with Crippen molar-refractivity contribution >= 4 is 11.3 Å². The summed E-state index contributed by atoms with van der Waals surface area (Å²) in [5.41, 5.74) is 5.20. The normalized spacial score (nSPS) is 19.6. The molecule has 0 aromatic carbocycles. The van der Waals surface area contributed by atoms with Crippen LogP contribution >= 0.6 is 11.3 Å². The molecule has 0 spiro atoms. The van der Waals surface area contributed by atoms with Crippen molar-refractivity contribution in [3.05, 3.63) is 39.3 Å². The van der Waals surface area contributed by atoms with Gasteiger partial charge in [0.15, 0.2) is 0 Å². The fraction of sp³-hybridized carbons (Fsp3) is 0.632. The van der Waals surface area contributed by atoms with Gasteiger partial charge in [-0.15, -0.1) is 0 Å². The molecule has 2 aromatic rings. The Hall–Kier alpha value is -1.21. The summed E-state index contributed by atoms with van der Waals surface area (Å²) in [4.78, 5) is 5.06. The van der Waals surface area contributed by atoms with Gasteiger partial charge >= 0.3 is 0 Å². The van der Waals surface area contributed by atoms with Crippen LogP contribution < -0.4 is 0 Å². The molecule has 0 amide bonds. The molecule has 6 heteroatoms. The summed E-state index contributed by atoms with van der Waals surface area (Å²) >= 11 is 1.76. The van der Waals surface area contributed by atoms with Crippen LogP contribution in [-0.4, -0.2) is 57.0 Å². The van der Waals surface area contributed by atoms with E-state index in [4.69, 9.17) is 0 Å². The van der Waals surface area contributed by atoms with E-state index in [1.54, 1.807) is 11.3 Å². The van der Waals surface area contributed by atoms with E-state index in [-0.39, 0.29) is 6.61 Å². The standard InChI is InChI=1S/C19H30N4OS/c1-4-23-16(3)19(15(2)20-23)13-21-7-8-22(18(12-21)5-9-24)11-17-6-10-25-14-17/h6,10,14,18,24H,4-5,7-9,11-13H2,1-3H3/t18-/m0/s1. The fourth-order valence-electron chi connectivity index (χ4n) is 3.84. The van der Waals surface area contributed by atoms with Crippen molar-refractivity contribution in [3.63, 3.8) is 0 Å². The molecule has 3 heterocycles. The smallest absolute Gasteiger partial charge is 0.0641 e. The van der Waals surface area contributed by atoms with E-state index < -0.39 is 0 Å². The predicted molar refractivity (Wildman–Crippen MR) is 103 cm³/mol. The van der Waals surface area contributed by atoms with Gasteiger partial charge in [-0.3, -0.25) is 14.5 Å². The zero-order valence-electron chi connectivity index (χ0n) is 15.6. The Morgan fingerprint density at radius 2 is 2.12 bits per heavy atom. The molecule has 2 aromatic heterocycles. The third-order valence-corrected chi connectivity index (χ3v) is 6.06. The zero-order valence-corrected chi connectivity index (χ0v) is 16.4. The number of hydrogen-bond acceptors (Lipinski definition) is 5. The van der Waals surface area contributed by atoms with Crippen LogP contribution in [0.5, 0.6) is 0 Å². The Morgan fingerprint density at radius 3 is 2.76 bits per heavy atom. The fourth-order valence-corrected chi connectivity index (χ4v) is 4.50. The van der Waals surface area contributed by atoms with Gasteiger partial charge < -0.3 is 5.11 Å². The van der Waals surface area contributed by atoms with Gasteiger partial charge in [-0.05, 0) is 49.6 Å². The topological polar surface area (TPSA) is 44.5 Å². The number of aryl methyl sites for hydroxylation is 2. The second kappa shape index (κ2) is 8.45. The molecule has 1 fully saturated rings. The molecule has 1 aliphatic heterocycles. The predicted octanol–water partition coefficient (Wildman–Crippen LogP) is 2.65. The first-order valence-electron chi connectivity index (χ1n) is 9.23. The highest BCUT2D eigenvalue weighted by atomic mass is 32.1. The lowest BCUT2D eigenvalue weighted by atomic mass is 10.1. The van der Waals surface area contributed by atoms with Crippen LogP contribution in [0.2, 0.25) is 0 Å². The molecule has 25 heavy (non-hydrogen) atoms. The minimum atomic E-state index is 0.254. The van der Waals surface area contributed by atoms with Crippen LogP contribution in [0.1, 0.15) is 35.9 Å². The molecule has 3 rings (SSSR count). The highest BCUT2D eigenvalue weighted by molar-refractivity contribution is 7.07. The first-order valence-corrected chi connectivity index (χ1v) is 10.2. The summed E-state index contributed by atoms with van der Waals surface area (Å²) in [6, 6.07) is 2.62. The van der Waals surface area contributed by atoms with Crippen LogP contribution in [0.25, 0.3) is 0 Å². The Kier molecular flexibility index (Phi) is 6.28. The van der Waals surface area contributed by atoms with Crippen molar-refractivity contribution in [2.24, 2.45) is 0 Å². The van der Waals surface area contributed by atoms with Crippen molar-refractivity contribution in [1.82, 2.24) is 19.6 Å². The van der Waals surface area contributed by atoms with Crippen molar-refractivity contribution in [2.45, 2.75) is 52.9 Å². The van der Waals surface area contributed by atoms with Gasteiger partial charge in [0.25, 0.3) is 0 Å². The largest absolute Gasteiger partial charge is 0.396 e. The lowest BCUT2D eigenvalue weighted by molar-refractivity contribution is 0.0499. The lowest BCUT2D eigenvalue weighted by Gasteiger charge is -2.41. The molecule has 1 saturated heterocycles. The average Bonchev–Trinajstić information content (AvgIpc) is 3.20. The first-order chi connectivity index (χ1) is 12.1. The molecule has 5 nitrogen and oxygen atoms in total. The van der Waals surface area contributed by atoms with Crippen LogP contribution in [0.15, 0.2) is 16.8 Å². The molecule has 0 radical (unpaired) electrons. The van der Waals surface area contributed by atoms with Crippen molar-refractivity contribution < 1.29 is 5.11 Å². The number of rotatable bonds is 7. The van der Waals surface area contributed by atoms with Crippen molar-refractivity contribution in [3.8, 4) is 0 Å². The van der Waals surface area contributed by atoms with Crippen LogP contribution in [0, 0.1) is 13.8 Å². The molecule has 1 atom stereocenters. The minimum absolute atomic E-state index is 0.254. The highest BCUT2D eigenvalue weighted by Crippen LogP contribution is 2.21. The van der Waals surface area contributed by atoms with E-state index in [9.17, 15) is 5.11 Å². The number of hydrogen-bond donors (Lipinski definition) is 1. The summed E-state index contributed by atoms with van der Waals surface area (Å²) in [6.07, 6.45) is 0.840. The Bertz CT molecular complexity index is 667. The van der Waals surface area contributed by atoms with Crippen LogP contribution in [0.4, 0.5) is 0 Å². The van der Waals surface area contributed by atoms with Crippen molar-refractivity contribution in [1.29, 1.82) is 0 Å². The van der Waals surface area contributed by atoms with E-state index in [0.717, 1.165) is 51.4 Å². The van der Waals surface area contributed by atoms with Gasteiger partial charge in [-0.1, -0.05) is 0 Å². The molecular formula is C19H30N4OS. The first kappa shape index (κ1) is 18.6. The molecule has 0 saturated carbocycles. The van der Waals surface area contributed by atoms with Gasteiger partial charge in [0.05, 0.1) is 5.69 Å². The molecule has 1 N–H and O–H groups in total.